The molecule has 0 aliphatic heterocycles. The predicted octanol–water partition coefficient (Wildman–Crippen LogP) is 3.39. The minimum Gasteiger partial charge on any atom is -0.312 e. The zero-order chi connectivity index (χ0) is 13.2. The highest BCUT2D eigenvalue weighted by Gasteiger charge is 2.37. The fourth-order valence-electron chi connectivity index (χ4n) is 1.36. The molecule has 0 spiro atoms. The summed E-state index contributed by atoms with van der Waals surface area (Å²) in [6.07, 6.45) is -4.42. The van der Waals surface area contributed by atoms with E-state index in [4.69, 9.17) is 0 Å². The molecule has 0 amide bonds. The third kappa shape index (κ3) is 2.88. The molecule has 0 saturated heterocycles. The molecule has 0 saturated carbocycles. The van der Waals surface area contributed by atoms with Crippen molar-refractivity contribution in [1.82, 2.24) is 15.3 Å². The molecule has 1 N–H and O–H groups in total. The summed E-state index contributed by atoms with van der Waals surface area (Å²) in [6.45, 7) is 2.63. The fraction of sp³-hybridized carbons (Fsp3) is 0.400. The lowest BCUT2D eigenvalue weighted by molar-refractivity contribution is -0.141. The van der Waals surface area contributed by atoms with E-state index in [0.29, 0.717) is 17.2 Å². The number of alkyl halides is 3. The van der Waals surface area contributed by atoms with Gasteiger partial charge in [0.25, 0.3) is 0 Å². The molecule has 98 valence electrons. The Hall–Kier alpha value is -0.990. The number of rotatable bonds is 4. The number of nitrogens with zero attached hydrogens (tertiary/aromatic N) is 2. The van der Waals surface area contributed by atoms with E-state index in [-0.39, 0.29) is 11.4 Å². The molecule has 2 heterocycles. The van der Waals surface area contributed by atoms with Crippen LogP contribution >= 0.6 is 22.7 Å². The van der Waals surface area contributed by atoms with Crippen LogP contribution in [0.4, 0.5) is 13.2 Å². The Morgan fingerprint density at radius 2 is 2.17 bits per heavy atom. The first-order valence-electron chi connectivity index (χ1n) is 5.18. The Balaban J connectivity index is 2.38. The van der Waals surface area contributed by atoms with Crippen LogP contribution in [0.15, 0.2) is 10.9 Å². The lowest BCUT2D eigenvalue weighted by Gasteiger charge is -2.05. The van der Waals surface area contributed by atoms with Crippen molar-refractivity contribution in [3.8, 4) is 10.7 Å². The number of nitrogens with one attached hydrogen (secondary N) is 1. The SMILES string of the molecule is CCNCc1sc(-c2cscn2)nc1C(F)(F)F. The zero-order valence-electron chi connectivity index (χ0n) is 9.41. The summed E-state index contributed by atoms with van der Waals surface area (Å²) in [6, 6.07) is 0. The van der Waals surface area contributed by atoms with Crippen LogP contribution in [0.5, 0.6) is 0 Å². The molecular formula is C10H10F3N3S2. The average Bonchev–Trinajstić information content (AvgIpc) is 2.93. The van der Waals surface area contributed by atoms with Crippen LogP contribution in [0, 0.1) is 0 Å². The average molecular weight is 293 g/mol. The van der Waals surface area contributed by atoms with Crippen LogP contribution in [0.2, 0.25) is 0 Å². The number of hydrogen-bond donors (Lipinski definition) is 1. The lowest BCUT2D eigenvalue weighted by atomic mass is 10.3. The van der Waals surface area contributed by atoms with Crippen molar-refractivity contribution in [2.75, 3.05) is 6.54 Å². The van der Waals surface area contributed by atoms with Gasteiger partial charge in [-0.1, -0.05) is 6.92 Å². The quantitative estimate of drug-likeness (QED) is 0.939. The van der Waals surface area contributed by atoms with Gasteiger partial charge in [0.15, 0.2) is 5.69 Å². The van der Waals surface area contributed by atoms with Gasteiger partial charge in [0, 0.05) is 11.9 Å². The van der Waals surface area contributed by atoms with Crippen molar-refractivity contribution in [3.05, 3.63) is 21.5 Å². The molecule has 0 atom stereocenters. The Morgan fingerprint density at radius 1 is 1.39 bits per heavy atom. The van der Waals surface area contributed by atoms with E-state index >= 15 is 0 Å². The highest BCUT2D eigenvalue weighted by Crippen LogP contribution is 2.37. The maximum absolute atomic E-state index is 12.8. The Bertz CT molecular complexity index is 505. The maximum atomic E-state index is 12.8. The van der Waals surface area contributed by atoms with Crippen LogP contribution in [0.1, 0.15) is 17.5 Å². The summed E-state index contributed by atoms with van der Waals surface area (Å²) in [5.41, 5.74) is 1.27. The maximum Gasteiger partial charge on any atom is 0.434 e. The van der Waals surface area contributed by atoms with E-state index in [1.807, 2.05) is 6.92 Å². The molecule has 0 aromatic carbocycles. The predicted molar refractivity (Wildman–Crippen MR) is 65.6 cm³/mol. The van der Waals surface area contributed by atoms with Crippen LogP contribution in [-0.4, -0.2) is 16.5 Å². The summed E-state index contributed by atoms with van der Waals surface area (Å²) in [5, 5.41) is 4.89. The van der Waals surface area contributed by atoms with E-state index < -0.39 is 11.9 Å². The third-order valence-corrected chi connectivity index (χ3v) is 3.82. The van der Waals surface area contributed by atoms with Crippen molar-refractivity contribution in [3.63, 3.8) is 0 Å². The number of thiazole rings is 2. The lowest BCUT2D eigenvalue weighted by Crippen LogP contribution is -2.15. The molecule has 2 rings (SSSR count). The summed E-state index contributed by atoms with van der Waals surface area (Å²) in [5.74, 6) is 0. The van der Waals surface area contributed by atoms with Crippen LogP contribution < -0.4 is 5.32 Å². The van der Waals surface area contributed by atoms with Gasteiger partial charge in [-0.2, -0.15) is 13.2 Å². The third-order valence-electron chi connectivity index (χ3n) is 2.15. The minimum atomic E-state index is -4.42. The second-order valence-corrected chi connectivity index (χ2v) is 5.24. The Morgan fingerprint density at radius 3 is 2.72 bits per heavy atom. The van der Waals surface area contributed by atoms with Gasteiger partial charge in [0.1, 0.15) is 10.7 Å². The van der Waals surface area contributed by atoms with Gasteiger partial charge in [-0.25, -0.2) is 9.97 Å². The van der Waals surface area contributed by atoms with Crippen molar-refractivity contribution in [2.24, 2.45) is 0 Å². The van der Waals surface area contributed by atoms with Crippen molar-refractivity contribution in [1.29, 1.82) is 0 Å². The molecule has 0 aliphatic carbocycles. The van der Waals surface area contributed by atoms with Crippen LogP contribution in [0.3, 0.4) is 0 Å². The summed E-state index contributed by atoms with van der Waals surface area (Å²) in [4.78, 5) is 7.86. The molecule has 0 radical (unpaired) electrons. The first kappa shape index (κ1) is 13.4. The molecule has 2 aromatic heterocycles. The molecule has 0 fully saturated rings. The Labute approximate surface area is 110 Å². The van der Waals surface area contributed by atoms with Crippen LogP contribution in [0.25, 0.3) is 10.7 Å². The monoisotopic (exact) mass is 293 g/mol. The Kier molecular flexibility index (Phi) is 3.98. The van der Waals surface area contributed by atoms with E-state index in [1.54, 1.807) is 10.9 Å². The number of halogens is 3. The van der Waals surface area contributed by atoms with E-state index in [9.17, 15) is 13.2 Å². The van der Waals surface area contributed by atoms with Crippen molar-refractivity contribution < 1.29 is 13.2 Å². The van der Waals surface area contributed by atoms with E-state index in [2.05, 4.69) is 15.3 Å². The zero-order valence-corrected chi connectivity index (χ0v) is 11.0. The fourth-order valence-corrected chi connectivity index (χ4v) is 2.99. The van der Waals surface area contributed by atoms with E-state index in [0.717, 1.165) is 11.3 Å². The van der Waals surface area contributed by atoms with Gasteiger partial charge < -0.3 is 5.32 Å². The van der Waals surface area contributed by atoms with Gasteiger partial charge in [0.05, 0.1) is 10.4 Å². The molecule has 0 unspecified atom stereocenters. The number of hydrogen-bond acceptors (Lipinski definition) is 5. The molecule has 0 aliphatic rings. The normalized spacial score (nSPS) is 12.0. The highest BCUT2D eigenvalue weighted by molar-refractivity contribution is 7.15. The first-order valence-corrected chi connectivity index (χ1v) is 6.94. The molecule has 0 bridgehead atoms. The molecule has 8 heteroatoms. The number of aromatic nitrogens is 2. The second kappa shape index (κ2) is 5.33. The smallest absolute Gasteiger partial charge is 0.312 e. The van der Waals surface area contributed by atoms with Gasteiger partial charge in [-0.3, -0.25) is 0 Å². The van der Waals surface area contributed by atoms with Gasteiger partial charge in [-0.05, 0) is 6.54 Å². The summed E-state index contributed by atoms with van der Waals surface area (Å²) in [7, 11) is 0. The second-order valence-electron chi connectivity index (χ2n) is 3.44. The summed E-state index contributed by atoms with van der Waals surface area (Å²) < 4.78 is 38.5. The highest BCUT2D eigenvalue weighted by atomic mass is 32.1. The standard InChI is InChI=1S/C10H10F3N3S2/c1-2-14-3-7-8(10(11,12)13)16-9(18-7)6-4-17-5-15-6/h4-5,14H,2-3H2,1H3. The van der Waals surface area contributed by atoms with Gasteiger partial charge in [0.2, 0.25) is 0 Å². The van der Waals surface area contributed by atoms with Gasteiger partial charge >= 0.3 is 6.18 Å². The minimum absolute atomic E-state index is 0.174. The molecule has 18 heavy (non-hydrogen) atoms. The van der Waals surface area contributed by atoms with Crippen LogP contribution in [-0.2, 0) is 12.7 Å². The largest absolute Gasteiger partial charge is 0.434 e. The summed E-state index contributed by atoms with van der Waals surface area (Å²) >= 11 is 2.37. The molecular weight excluding hydrogens is 283 g/mol. The first-order chi connectivity index (χ1) is 8.52. The molecule has 3 nitrogen and oxygen atoms in total. The van der Waals surface area contributed by atoms with Gasteiger partial charge in [-0.15, -0.1) is 22.7 Å². The van der Waals surface area contributed by atoms with Crippen molar-refractivity contribution >= 4 is 22.7 Å². The van der Waals surface area contributed by atoms with E-state index in [1.165, 1.54) is 11.3 Å². The molecule has 2 aromatic rings. The van der Waals surface area contributed by atoms with Crippen molar-refractivity contribution in [2.45, 2.75) is 19.6 Å². The topological polar surface area (TPSA) is 37.8 Å².